The number of nitro benzene ring substituents is 1. The molecule has 1 aromatic rings. The lowest BCUT2D eigenvalue weighted by molar-refractivity contribution is -0.385. The maximum atomic E-state index is 10.9. The number of carbonyl (C=O) groups is 1. The van der Waals surface area contributed by atoms with Crippen LogP contribution in [0.4, 0.5) is 5.69 Å². The quantitative estimate of drug-likeness (QED) is 0.474. The monoisotopic (exact) mass is 277 g/mol. The van der Waals surface area contributed by atoms with Gasteiger partial charge in [-0.05, 0) is 46.1 Å². The van der Waals surface area contributed by atoms with Gasteiger partial charge in [-0.25, -0.2) is 0 Å². The summed E-state index contributed by atoms with van der Waals surface area (Å²) < 4.78 is 0.247. The SMILES string of the molecule is Cc1cc([N+](=O)[O-])c(Br)cc1C(=O)Cl. The molecular weight excluding hydrogens is 273 g/mol. The number of hydrogen-bond donors (Lipinski definition) is 0. The van der Waals surface area contributed by atoms with Crippen molar-refractivity contribution >= 4 is 38.5 Å². The first-order valence-electron chi connectivity index (χ1n) is 3.58. The van der Waals surface area contributed by atoms with Crippen molar-refractivity contribution in [2.75, 3.05) is 0 Å². The number of rotatable bonds is 2. The minimum atomic E-state index is -0.627. The Balaban J connectivity index is 3.38. The maximum Gasteiger partial charge on any atom is 0.283 e. The van der Waals surface area contributed by atoms with Crippen molar-refractivity contribution in [1.29, 1.82) is 0 Å². The van der Waals surface area contributed by atoms with E-state index in [9.17, 15) is 14.9 Å². The molecule has 0 aromatic heterocycles. The van der Waals surface area contributed by atoms with E-state index in [1.165, 1.54) is 12.1 Å². The summed E-state index contributed by atoms with van der Waals surface area (Å²) in [7, 11) is 0. The Labute approximate surface area is 93.1 Å². The Morgan fingerprint density at radius 2 is 2.14 bits per heavy atom. The molecule has 1 aromatic carbocycles. The topological polar surface area (TPSA) is 60.2 Å². The smallest absolute Gasteiger partial charge is 0.276 e. The van der Waals surface area contributed by atoms with Gasteiger partial charge in [-0.15, -0.1) is 0 Å². The first-order chi connectivity index (χ1) is 6.43. The fourth-order valence-corrected chi connectivity index (χ4v) is 1.71. The van der Waals surface area contributed by atoms with Crippen molar-refractivity contribution in [2.24, 2.45) is 0 Å². The highest BCUT2D eigenvalue weighted by Gasteiger charge is 2.16. The molecule has 14 heavy (non-hydrogen) atoms. The first-order valence-corrected chi connectivity index (χ1v) is 4.75. The molecule has 0 bridgehead atoms. The van der Waals surface area contributed by atoms with Crippen LogP contribution in [0.2, 0.25) is 0 Å². The molecular formula is C8H5BrClNO3. The molecule has 4 nitrogen and oxygen atoms in total. The van der Waals surface area contributed by atoms with E-state index < -0.39 is 10.2 Å². The van der Waals surface area contributed by atoms with Gasteiger partial charge in [-0.3, -0.25) is 14.9 Å². The zero-order valence-electron chi connectivity index (χ0n) is 7.08. The van der Waals surface area contributed by atoms with Gasteiger partial charge in [0.1, 0.15) is 0 Å². The van der Waals surface area contributed by atoms with Gasteiger partial charge in [0.2, 0.25) is 0 Å². The zero-order valence-corrected chi connectivity index (χ0v) is 9.42. The van der Waals surface area contributed by atoms with Gasteiger partial charge in [-0.1, -0.05) is 0 Å². The van der Waals surface area contributed by atoms with E-state index in [2.05, 4.69) is 15.9 Å². The molecule has 0 atom stereocenters. The summed E-state index contributed by atoms with van der Waals surface area (Å²) >= 11 is 8.28. The Morgan fingerprint density at radius 1 is 1.57 bits per heavy atom. The standard InChI is InChI=1S/C8H5BrClNO3/c1-4-2-7(11(13)14)6(9)3-5(4)8(10)12/h2-3H,1H3. The van der Waals surface area contributed by atoms with Crippen LogP contribution in [0.25, 0.3) is 0 Å². The Bertz CT molecular complexity index is 380. The highest BCUT2D eigenvalue weighted by atomic mass is 79.9. The number of nitrogens with zero attached hydrogens (tertiary/aromatic N) is 1. The van der Waals surface area contributed by atoms with Gasteiger partial charge >= 0.3 is 0 Å². The average Bonchev–Trinajstić information content (AvgIpc) is 2.07. The van der Waals surface area contributed by atoms with Crippen molar-refractivity contribution in [3.8, 4) is 0 Å². The number of nitro groups is 1. The van der Waals surface area contributed by atoms with Crippen LogP contribution in [-0.4, -0.2) is 10.2 Å². The highest BCUT2D eigenvalue weighted by molar-refractivity contribution is 9.10. The molecule has 0 amide bonds. The first kappa shape index (κ1) is 11.1. The van der Waals surface area contributed by atoms with Crippen LogP contribution < -0.4 is 0 Å². The molecule has 0 aliphatic heterocycles. The predicted molar refractivity (Wildman–Crippen MR) is 55.7 cm³/mol. The van der Waals surface area contributed by atoms with Crippen molar-refractivity contribution < 1.29 is 9.72 Å². The maximum absolute atomic E-state index is 10.9. The number of benzene rings is 1. The Morgan fingerprint density at radius 3 is 2.57 bits per heavy atom. The summed E-state index contributed by atoms with van der Waals surface area (Å²) in [6.45, 7) is 1.59. The second kappa shape index (κ2) is 4.06. The van der Waals surface area contributed by atoms with Gasteiger partial charge in [-0.2, -0.15) is 0 Å². The lowest BCUT2D eigenvalue weighted by Gasteiger charge is -2.01. The Hall–Kier alpha value is -0.940. The molecule has 0 N–H and O–H groups in total. The fourth-order valence-electron chi connectivity index (χ4n) is 1.02. The zero-order chi connectivity index (χ0) is 10.9. The van der Waals surface area contributed by atoms with Crippen LogP contribution in [0, 0.1) is 17.0 Å². The minimum Gasteiger partial charge on any atom is -0.276 e. The van der Waals surface area contributed by atoms with Crippen LogP contribution in [0.15, 0.2) is 16.6 Å². The van der Waals surface area contributed by atoms with Crippen molar-refractivity contribution in [1.82, 2.24) is 0 Å². The molecule has 0 aliphatic carbocycles. The number of aryl methyl sites for hydroxylation is 1. The predicted octanol–water partition coefficient (Wildman–Crippen LogP) is 3.04. The van der Waals surface area contributed by atoms with E-state index in [-0.39, 0.29) is 15.7 Å². The van der Waals surface area contributed by atoms with E-state index in [1.54, 1.807) is 6.92 Å². The van der Waals surface area contributed by atoms with Crippen molar-refractivity contribution in [2.45, 2.75) is 6.92 Å². The summed E-state index contributed by atoms with van der Waals surface area (Å²) in [6, 6.07) is 2.66. The Kier molecular flexibility index (Phi) is 3.23. The number of halogens is 2. The number of carbonyl (C=O) groups excluding carboxylic acids is 1. The molecule has 0 unspecified atom stereocenters. The molecule has 0 aliphatic rings. The number of hydrogen-bond acceptors (Lipinski definition) is 3. The molecule has 0 heterocycles. The van der Waals surface area contributed by atoms with E-state index in [0.717, 1.165) is 0 Å². The van der Waals surface area contributed by atoms with Crippen LogP contribution in [-0.2, 0) is 0 Å². The second-order valence-electron chi connectivity index (χ2n) is 2.65. The molecule has 0 saturated heterocycles. The summed E-state index contributed by atoms with van der Waals surface area (Å²) in [5.41, 5.74) is 0.674. The van der Waals surface area contributed by atoms with Crippen molar-refractivity contribution in [3.63, 3.8) is 0 Å². The molecule has 0 spiro atoms. The summed E-state index contributed by atoms with van der Waals surface area (Å²) in [4.78, 5) is 20.9. The highest BCUT2D eigenvalue weighted by Crippen LogP contribution is 2.28. The third kappa shape index (κ3) is 2.10. The minimum absolute atomic E-state index is 0.0795. The van der Waals surface area contributed by atoms with Gasteiger partial charge in [0.15, 0.2) is 0 Å². The van der Waals surface area contributed by atoms with Gasteiger partial charge < -0.3 is 0 Å². The molecule has 0 radical (unpaired) electrons. The van der Waals surface area contributed by atoms with Gasteiger partial charge in [0, 0.05) is 11.6 Å². The van der Waals surface area contributed by atoms with Crippen LogP contribution >= 0.6 is 27.5 Å². The molecule has 0 saturated carbocycles. The normalized spacial score (nSPS) is 9.93. The molecule has 74 valence electrons. The lowest BCUT2D eigenvalue weighted by Crippen LogP contribution is -1.97. The van der Waals surface area contributed by atoms with Crippen LogP contribution in [0.1, 0.15) is 15.9 Å². The van der Waals surface area contributed by atoms with Crippen LogP contribution in [0.5, 0.6) is 0 Å². The largest absolute Gasteiger partial charge is 0.283 e. The van der Waals surface area contributed by atoms with Crippen LogP contribution in [0.3, 0.4) is 0 Å². The third-order valence-electron chi connectivity index (χ3n) is 1.70. The van der Waals surface area contributed by atoms with E-state index in [4.69, 9.17) is 11.6 Å². The van der Waals surface area contributed by atoms with Gasteiger partial charge in [0.25, 0.3) is 10.9 Å². The average molecular weight is 278 g/mol. The molecule has 0 fully saturated rings. The summed E-state index contributed by atoms with van der Waals surface area (Å²) in [6.07, 6.45) is 0. The third-order valence-corrected chi connectivity index (χ3v) is 2.54. The van der Waals surface area contributed by atoms with E-state index in [1.807, 2.05) is 0 Å². The molecule has 6 heteroatoms. The second-order valence-corrected chi connectivity index (χ2v) is 3.85. The van der Waals surface area contributed by atoms with Gasteiger partial charge in [0.05, 0.1) is 9.40 Å². The molecule has 1 rings (SSSR count). The summed E-state index contributed by atoms with van der Waals surface area (Å²) in [5, 5.41) is 9.89. The van der Waals surface area contributed by atoms with Crippen molar-refractivity contribution in [3.05, 3.63) is 37.8 Å². The fraction of sp³-hybridized carbons (Fsp3) is 0.125. The lowest BCUT2D eigenvalue weighted by atomic mass is 10.1. The van der Waals surface area contributed by atoms with E-state index >= 15 is 0 Å². The summed E-state index contributed by atoms with van der Waals surface area (Å²) in [5.74, 6) is 0. The van der Waals surface area contributed by atoms with E-state index in [0.29, 0.717) is 5.56 Å².